The average molecular weight is 360 g/mol. The van der Waals surface area contributed by atoms with Crippen molar-refractivity contribution in [2.75, 3.05) is 0 Å². The van der Waals surface area contributed by atoms with Gasteiger partial charge in [0.25, 0.3) is 0 Å². The molecular formula is C15H15Ho. The Morgan fingerprint density at radius 3 is 0.938 bits per heavy atom. The third kappa shape index (κ3) is 10.2. The van der Waals surface area contributed by atoms with E-state index in [1.165, 1.54) is 0 Å². The fourth-order valence-corrected chi connectivity index (χ4v) is 1.02. The monoisotopic (exact) mass is 360 g/mol. The fourth-order valence-electron chi connectivity index (χ4n) is 1.02. The molecule has 0 atom stereocenters. The van der Waals surface area contributed by atoms with Gasteiger partial charge in [-0.3, -0.25) is 18.2 Å². The maximum atomic E-state index is 2.99. The number of rotatable bonds is 0. The molecule has 0 bridgehead atoms. The first-order valence-electron chi connectivity index (χ1n) is 5.15. The van der Waals surface area contributed by atoms with Gasteiger partial charge in [-0.25, -0.2) is 36.5 Å². The van der Waals surface area contributed by atoms with E-state index in [-0.39, 0.29) is 37.7 Å². The summed E-state index contributed by atoms with van der Waals surface area (Å²) in [6, 6.07) is 0. The molecule has 0 saturated carbocycles. The summed E-state index contributed by atoms with van der Waals surface area (Å²) in [7, 11) is 0. The molecule has 0 spiro atoms. The summed E-state index contributed by atoms with van der Waals surface area (Å²) >= 11 is 0. The quantitative estimate of drug-likeness (QED) is 0.454. The van der Waals surface area contributed by atoms with Crippen molar-refractivity contribution in [2.24, 2.45) is 0 Å². The standard InChI is InChI=1S/3C5H5.Ho/c3*1-2-4-5-3-1;/h3*1-3H,4H2;/q3*-1;+3. The fraction of sp³-hybridized carbons (Fsp3) is 0.200. The molecule has 16 heavy (non-hydrogen) atoms. The van der Waals surface area contributed by atoms with Gasteiger partial charge in [0.2, 0.25) is 0 Å². The molecule has 3 rings (SSSR count). The average Bonchev–Trinajstić information content (AvgIpc) is 3.09. The third-order valence-electron chi connectivity index (χ3n) is 1.76. The van der Waals surface area contributed by atoms with E-state index in [0.717, 1.165) is 19.3 Å². The first-order chi connectivity index (χ1) is 7.50. The molecular weight excluding hydrogens is 345 g/mol. The zero-order valence-corrected chi connectivity index (χ0v) is 11.1. The maximum Gasteiger partial charge on any atom is 3.00 e. The first-order valence-corrected chi connectivity index (χ1v) is 5.15. The Morgan fingerprint density at radius 1 is 0.562 bits per heavy atom. The Bertz CT molecular complexity index is 232. The van der Waals surface area contributed by atoms with Crippen LogP contribution >= 0.6 is 0 Å². The molecule has 0 N–H and O–H groups in total. The second kappa shape index (κ2) is 12.8. The smallest absolute Gasteiger partial charge is 0.273 e. The maximum absolute atomic E-state index is 2.99. The number of allylic oxidation sites excluding steroid dienone is 12. The number of hydrogen-bond donors (Lipinski definition) is 0. The van der Waals surface area contributed by atoms with Gasteiger partial charge in [0, 0.05) is 0 Å². The summed E-state index contributed by atoms with van der Waals surface area (Å²) in [6.45, 7) is 0. The van der Waals surface area contributed by atoms with Gasteiger partial charge in [-0.05, 0) is 0 Å². The van der Waals surface area contributed by atoms with Crippen LogP contribution in [0.15, 0.2) is 54.7 Å². The van der Waals surface area contributed by atoms with Crippen molar-refractivity contribution < 1.29 is 37.7 Å². The minimum Gasteiger partial charge on any atom is -0.273 e. The van der Waals surface area contributed by atoms with Gasteiger partial charge in [-0.1, -0.05) is 0 Å². The molecule has 0 amide bonds. The largest absolute Gasteiger partial charge is 3.00 e. The SMILES string of the molecule is [C-]1=CC=CC1.[C-]1=CC=CC1.[C-]1=CC=CC1.[Ho+3]. The molecule has 0 aromatic rings. The topological polar surface area (TPSA) is 0 Å². The van der Waals surface area contributed by atoms with Crippen molar-refractivity contribution in [1.82, 2.24) is 0 Å². The zero-order valence-electron chi connectivity index (χ0n) is 9.12. The van der Waals surface area contributed by atoms with E-state index in [1.54, 1.807) is 0 Å². The van der Waals surface area contributed by atoms with Crippen LogP contribution in [0.4, 0.5) is 0 Å². The Kier molecular flexibility index (Phi) is 12.5. The Balaban J connectivity index is 0.000000205. The van der Waals surface area contributed by atoms with Crippen LogP contribution in [-0.4, -0.2) is 0 Å². The van der Waals surface area contributed by atoms with Crippen LogP contribution in [0.1, 0.15) is 19.3 Å². The van der Waals surface area contributed by atoms with Gasteiger partial charge in [0.15, 0.2) is 0 Å². The minimum absolute atomic E-state index is 0. The van der Waals surface area contributed by atoms with Crippen LogP contribution in [0.2, 0.25) is 0 Å². The summed E-state index contributed by atoms with van der Waals surface area (Å²) in [5.41, 5.74) is 0. The normalized spacial score (nSPS) is 16.5. The van der Waals surface area contributed by atoms with Crippen LogP contribution in [0, 0.1) is 56.0 Å². The molecule has 3 aliphatic carbocycles. The summed E-state index contributed by atoms with van der Waals surface area (Å²) in [5.74, 6) is 0. The molecule has 0 saturated heterocycles. The van der Waals surface area contributed by atoms with E-state index in [4.69, 9.17) is 0 Å². The van der Waals surface area contributed by atoms with Gasteiger partial charge < -0.3 is 0 Å². The van der Waals surface area contributed by atoms with Crippen molar-refractivity contribution >= 4 is 0 Å². The Labute approximate surface area is 129 Å². The number of hydrogen-bond acceptors (Lipinski definition) is 0. The van der Waals surface area contributed by atoms with E-state index in [0.29, 0.717) is 0 Å². The van der Waals surface area contributed by atoms with Crippen LogP contribution in [-0.2, 0) is 0 Å². The van der Waals surface area contributed by atoms with E-state index in [1.807, 2.05) is 36.5 Å². The van der Waals surface area contributed by atoms with Crippen molar-refractivity contribution in [3.8, 4) is 0 Å². The van der Waals surface area contributed by atoms with E-state index in [9.17, 15) is 0 Å². The minimum atomic E-state index is 0. The molecule has 0 radical (unpaired) electrons. The molecule has 0 fully saturated rings. The van der Waals surface area contributed by atoms with Crippen LogP contribution in [0.3, 0.4) is 0 Å². The van der Waals surface area contributed by atoms with Crippen LogP contribution < -0.4 is 0 Å². The van der Waals surface area contributed by atoms with E-state index >= 15 is 0 Å². The van der Waals surface area contributed by atoms with Gasteiger partial charge in [-0.15, -0.1) is 19.3 Å². The van der Waals surface area contributed by atoms with Gasteiger partial charge in [-0.2, -0.15) is 18.2 Å². The van der Waals surface area contributed by atoms with Crippen molar-refractivity contribution in [3.63, 3.8) is 0 Å². The van der Waals surface area contributed by atoms with Crippen molar-refractivity contribution in [3.05, 3.63) is 72.9 Å². The molecule has 86 valence electrons. The molecule has 0 unspecified atom stereocenters. The van der Waals surface area contributed by atoms with Crippen molar-refractivity contribution in [1.29, 1.82) is 0 Å². The molecule has 0 aromatic heterocycles. The van der Waals surface area contributed by atoms with Crippen molar-refractivity contribution in [2.45, 2.75) is 19.3 Å². The third-order valence-corrected chi connectivity index (χ3v) is 1.76. The van der Waals surface area contributed by atoms with E-state index in [2.05, 4.69) is 36.5 Å². The van der Waals surface area contributed by atoms with Gasteiger partial charge in [0.1, 0.15) is 0 Å². The molecule has 3 aliphatic rings. The molecule has 0 aromatic carbocycles. The summed E-state index contributed by atoms with van der Waals surface area (Å²) in [4.78, 5) is 0. The predicted octanol–water partition coefficient (Wildman–Crippen LogP) is 3.92. The second-order valence-electron chi connectivity index (χ2n) is 3.01. The molecule has 0 nitrogen and oxygen atoms in total. The summed E-state index contributed by atoms with van der Waals surface area (Å²) in [6.07, 6.45) is 30.0. The van der Waals surface area contributed by atoms with Gasteiger partial charge in [0.05, 0.1) is 0 Å². The van der Waals surface area contributed by atoms with Crippen LogP contribution in [0.5, 0.6) is 0 Å². The zero-order chi connectivity index (χ0) is 10.6. The van der Waals surface area contributed by atoms with Crippen LogP contribution in [0.25, 0.3) is 0 Å². The Hall–Kier alpha value is -0.300. The molecule has 0 aliphatic heterocycles. The van der Waals surface area contributed by atoms with E-state index < -0.39 is 0 Å². The second-order valence-corrected chi connectivity index (χ2v) is 3.01. The first kappa shape index (κ1) is 15.7. The Morgan fingerprint density at radius 2 is 0.875 bits per heavy atom. The summed E-state index contributed by atoms with van der Waals surface area (Å²) in [5, 5.41) is 0. The predicted molar refractivity (Wildman–Crippen MR) is 64.7 cm³/mol. The summed E-state index contributed by atoms with van der Waals surface area (Å²) < 4.78 is 0. The molecule has 1 heteroatoms. The molecule has 0 heterocycles. The van der Waals surface area contributed by atoms with Gasteiger partial charge >= 0.3 is 37.7 Å².